The molecule has 4 rings (SSSR count). The summed E-state index contributed by atoms with van der Waals surface area (Å²) in [6, 6.07) is 8.11. The first-order valence-electron chi connectivity index (χ1n) is 10.1. The summed E-state index contributed by atoms with van der Waals surface area (Å²) in [5.74, 6) is 0.397. The lowest BCUT2D eigenvalue weighted by molar-refractivity contribution is -0.140. The van der Waals surface area contributed by atoms with Gasteiger partial charge in [0.2, 0.25) is 0 Å². The van der Waals surface area contributed by atoms with Crippen LogP contribution in [0.5, 0.6) is 5.75 Å². The molecule has 1 amide bonds. The molecule has 158 valence electrons. The van der Waals surface area contributed by atoms with Gasteiger partial charge in [-0.1, -0.05) is 0 Å². The molecule has 1 aromatic carbocycles. The van der Waals surface area contributed by atoms with Gasteiger partial charge < -0.3 is 24.1 Å². The highest BCUT2D eigenvalue weighted by Gasteiger charge is 2.47. The zero-order chi connectivity index (χ0) is 21.6. The molecule has 3 heterocycles. The second kappa shape index (κ2) is 7.65. The third kappa shape index (κ3) is 3.50. The molecule has 0 bridgehead atoms. The highest BCUT2D eigenvalue weighted by atomic mass is 16.5. The Morgan fingerprint density at radius 1 is 1.23 bits per heavy atom. The van der Waals surface area contributed by atoms with Gasteiger partial charge in [0.25, 0.3) is 11.7 Å². The molecule has 2 atom stereocenters. The molecular weight excluding hydrogens is 384 g/mol. The van der Waals surface area contributed by atoms with Crippen molar-refractivity contribution in [3.63, 3.8) is 0 Å². The normalized spacial score (nSPS) is 22.6. The number of fused-ring (bicyclic) bond motifs is 1. The minimum atomic E-state index is -0.762. The van der Waals surface area contributed by atoms with Crippen molar-refractivity contribution >= 4 is 17.4 Å². The minimum absolute atomic E-state index is 0.0556. The van der Waals surface area contributed by atoms with Crippen LogP contribution in [0.3, 0.4) is 0 Å². The lowest BCUT2D eigenvalue weighted by Crippen LogP contribution is -2.35. The summed E-state index contributed by atoms with van der Waals surface area (Å²) in [5, 5.41) is 11.1. The summed E-state index contributed by atoms with van der Waals surface area (Å²) < 4.78 is 11.5. The number of ketones is 1. The van der Waals surface area contributed by atoms with E-state index in [1.165, 1.54) is 4.90 Å². The molecule has 30 heavy (non-hydrogen) atoms. The molecule has 7 nitrogen and oxygen atoms in total. The third-order valence-corrected chi connectivity index (χ3v) is 5.53. The van der Waals surface area contributed by atoms with Crippen LogP contribution in [0.4, 0.5) is 0 Å². The molecule has 0 radical (unpaired) electrons. The number of carbonyl (C=O) groups is 2. The second-order valence-electron chi connectivity index (χ2n) is 8.20. The van der Waals surface area contributed by atoms with Crippen molar-refractivity contribution < 1.29 is 23.8 Å². The Labute approximate surface area is 175 Å². The number of aryl methyl sites for hydroxylation is 1. The van der Waals surface area contributed by atoms with Crippen molar-refractivity contribution in [1.29, 1.82) is 0 Å². The molecule has 1 fully saturated rings. The summed E-state index contributed by atoms with van der Waals surface area (Å²) in [4.78, 5) is 29.2. The molecule has 0 saturated carbocycles. The largest absolute Gasteiger partial charge is 0.507 e. The van der Waals surface area contributed by atoms with Gasteiger partial charge in [0.15, 0.2) is 0 Å². The summed E-state index contributed by atoms with van der Waals surface area (Å²) in [6.07, 6.45) is 0.800. The minimum Gasteiger partial charge on any atom is -0.507 e. The number of aliphatic hydroxyl groups excluding tert-OH is 1. The Kier molecular flexibility index (Phi) is 5.15. The molecular formula is C23H26N2O5. The predicted molar refractivity (Wildman–Crippen MR) is 111 cm³/mol. The Balaban J connectivity index is 1.80. The maximum Gasteiger partial charge on any atom is 0.295 e. The van der Waals surface area contributed by atoms with E-state index >= 15 is 0 Å². The summed E-state index contributed by atoms with van der Waals surface area (Å²) in [7, 11) is 3.80. The average molecular weight is 410 g/mol. The van der Waals surface area contributed by atoms with E-state index in [1.54, 1.807) is 31.2 Å². The monoisotopic (exact) mass is 410 g/mol. The van der Waals surface area contributed by atoms with Gasteiger partial charge in [0.05, 0.1) is 5.57 Å². The van der Waals surface area contributed by atoms with Gasteiger partial charge in [-0.25, -0.2) is 0 Å². The first-order chi connectivity index (χ1) is 14.3. The fourth-order valence-electron chi connectivity index (χ4n) is 4.04. The Hall–Kier alpha value is -3.06. The van der Waals surface area contributed by atoms with E-state index in [-0.39, 0.29) is 17.4 Å². The van der Waals surface area contributed by atoms with Crippen LogP contribution < -0.4 is 4.74 Å². The third-order valence-electron chi connectivity index (χ3n) is 5.53. The van der Waals surface area contributed by atoms with E-state index in [2.05, 4.69) is 0 Å². The molecule has 2 aliphatic rings. The van der Waals surface area contributed by atoms with Crippen LogP contribution in [0.15, 0.2) is 40.3 Å². The van der Waals surface area contributed by atoms with Crippen molar-refractivity contribution in [2.45, 2.75) is 32.4 Å². The topological polar surface area (TPSA) is 83.2 Å². The molecule has 1 N–H and O–H groups in total. The molecule has 0 aliphatic carbocycles. The summed E-state index contributed by atoms with van der Waals surface area (Å²) >= 11 is 0. The van der Waals surface area contributed by atoms with Gasteiger partial charge in [-0.3, -0.25) is 9.59 Å². The summed E-state index contributed by atoms with van der Waals surface area (Å²) in [5.41, 5.74) is 1.52. The van der Waals surface area contributed by atoms with Crippen molar-refractivity contribution in [3.05, 3.63) is 58.6 Å². The number of likely N-dealkylation sites (N-methyl/N-ethyl adjacent to an activating group) is 1. The van der Waals surface area contributed by atoms with Gasteiger partial charge in [-0.15, -0.1) is 0 Å². The molecule has 2 aliphatic heterocycles. The van der Waals surface area contributed by atoms with Gasteiger partial charge in [-0.2, -0.15) is 0 Å². The van der Waals surface area contributed by atoms with E-state index in [0.717, 1.165) is 17.7 Å². The van der Waals surface area contributed by atoms with Crippen LogP contribution in [0.1, 0.15) is 35.6 Å². The quantitative estimate of drug-likeness (QED) is 0.464. The lowest BCUT2D eigenvalue weighted by Gasteiger charge is -2.24. The molecule has 1 saturated heterocycles. The number of hydrogen-bond donors (Lipinski definition) is 1. The number of rotatable bonds is 5. The first-order valence-corrected chi connectivity index (χ1v) is 10.1. The van der Waals surface area contributed by atoms with Crippen LogP contribution in [0.2, 0.25) is 0 Å². The number of benzene rings is 1. The fourth-order valence-corrected chi connectivity index (χ4v) is 4.04. The number of nitrogens with zero attached hydrogens (tertiary/aromatic N) is 2. The molecule has 1 aromatic heterocycles. The molecule has 7 heteroatoms. The Bertz CT molecular complexity index is 1040. The van der Waals surface area contributed by atoms with Crippen molar-refractivity contribution in [3.8, 4) is 5.75 Å². The van der Waals surface area contributed by atoms with Crippen molar-refractivity contribution in [2.24, 2.45) is 0 Å². The second-order valence-corrected chi connectivity index (χ2v) is 8.20. The molecule has 2 aromatic rings. The predicted octanol–water partition coefficient (Wildman–Crippen LogP) is 2.89. The number of furan rings is 1. The Morgan fingerprint density at radius 2 is 2.00 bits per heavy atom. The van der Waals surface area contributed by atoms with Crippen LogP contribution in [-0.2, 0) is 16.0 Å². The van der Waals surface area contributed by atoms with E-state index < -0.39 is 17.7 Å². The zero-order valence-electron chi connectivity index (χ0n) is 17.6. The van der Waals surface area contributed by atoms with Crippen LogP contribution in [0.25, 0.3) is 5.76 Å². The highest BCUT2D eigenvalue weighted by molar-refractivity contribution is 6.46. The van der Waals surface area contributed by atoms with E-state index in [9.17, 15) is 14.7 Å². The van der Waals surface area contributed by atoms with Gasteiger partial charge in [0, 0.05) is 25.1 Å². The lowest BCUT2D eigenvalue weighted by atomic mass is 9.97. The first kappa shape index (κ1) is 20.2. The van der Waals surface area contributed by atoms with Crippen molar-refractivity contribution in [2.75, 3.05) is 27.2 Å². The van der Waals surface area contributed by atoms with E-state index in [4.69, 9.17) is 9.15 Å². The molecule has 0 unspecified atom stereocenters. The number of Topliss-reactive ketones (excluding diaryl/α,β-unsaturated/α-hetero) is 1. The van der Waals surface area contributed by atoms with Gasteiger partial charge in [-0.05, 0) is 63.8 Å². The fraction of sp³-hybridized carbons (Fsp3) is 0.391. The number of amides is 1. The maximum absolute atomic E-state index is 13.0. The zero-order valence-corrected chi connectivity index (χ0v) is 17.6. The number of ether oxygens (including phenoxy) is 1. The smallest absolute Gasteiger partial charge is 0.295 e. The standard InChI is InChI=1S/C23H26N2O5/c1-13-5-7-18(29-13)20-19(22(27)23(28)25(20)10-9-24(3)4)21(26)15-6-8-17-16(12-15)11-14(2)30-17/h5-8,12,14,20,26H,9-11H2,1-4H3/t14-,20-/m1/s1. The number of carbonyl (C=O) groups excluding carboxylic acids is 2. The van der Waals surface area contributed by atoms with E-state index in [0.29, 0.717) is 30.2 Å². The van der Waals surface area contributed by atoms with E-state index in [1.807, 2.05) is 32.0 Å². The van der Waals surface area contributed by atoms with Gasteiger partial charge >= 0.3 is 0 Å². The SMILES string of the molecule is Cc1ccc([C@@H]2C(=C(O)c3ccc4c(c3)C[C@@H](C)O4)C(=O)C(=O)N2CCN(C)C)o1. The van der Waals surface area contributed by atoms with Crippen LogP contribution in [-0.4, -0.2) is 59.9 Å². The highest BCUT2D eigenvalue weighted by Crippen LogP contribution is 2.40. The molecule has 0 spiro atoms. The van der Waals surface area contributed by atoms with Crippen LogP contribution in [0, 0.1) is 6.92 Å². The maximum atomic E-state index is 13.0. The number of likely N-dealkylation sites (tertiary alicyclic amines) is 1. The summed E-state index contributed by atoms with van der Waals surface area (Å²) in [6.45, 7) is 4.71. The Morgan fingerprint density at radius 3 is 2.67 bits per heavy atom. The van der Waals surface area contributed by atoms with Crippen molar-refractivity contribution in [1.82, 2.24) is 9.80 Å². The van der Waals surface area contributed by atoms with Crippen LogP contribution >= 0.6 is 0 Å². The van der Waals surface area contributed by atoms with Gasteiger partial charge in [0.1, 0.15) is 35.2 Å². The average Bonchev–Trinajstić information content (AvgIpc) is 3.35. The number of aliphatic hydroxyl groups is 1. The number of hydrogen-bond acceptors (Lipinski definition) is 6.